The van der Waals surface area contributed by atoms with Crippen molar-refractivity contribution < 1.29 is 9.47 Å². The minimum Gasteiger partial charge on any atom is -0.497 e. The van der Waals surface area contributed by atoms with Crippen LogP contribution in [0.25, 0.3) is 0 Å². The summed E-state index contributed by atoms with van der Waals surface area (Å²) >= 11 is 0. The predicted octanol–water partition coefficient (Wildman–Crippen LogP) is 2.26. The van der Waals surface area contributed by atoms with Gasteiger partial charge in [0.1, 0.15) is 5.75 Å². The van der Waals surface area contributed by atoms with Crippen LogP contribution in [0.1, 0.15) is 19.8 Å². The SMILES string of the molecule is COc1cc(N)cc(NC2(C)CCOCC2)c1. The van der Waals surface area contributed by atoms with E-state index in [2.05, 4.69) is 12.2 Å². The van der Waals surface area contributed by atoms with Crippen LogP contribution in [0.5, 0.6) is 5.75 Å². The number of rotatable bonds is 3. The van der Waals surface area contributed by atoms with Crippen LogP contribution in [0.15, 0.2) is 18.2 Å². The number of nitrogen functional groups attached to an aromatic ring is 1. The van der Waals surface area contributed by atoms with E-state index in [-0.39, 0.29) is 5.54 Å². The lowest BCUT2D eigenvalue weighted by Gasteiger charge is -2.35. The third-order valence-corrected chi connectivity index (χ3v) is 3.21. The van der Waals surface area contributed by atoms with Crippen molar-refractivity contribution in [3.63, 3.8) is 0 Å². The van der Waals surface area contributed by atoms with Crippen molar-refractivity contribution in [2.75, 3.05) is 31.4 Å². The summed E-state index contributed by atoms with van der Waals surface area (Å²) in [5, 5.41) is 3.53. The third-order valence-electron chi connectivity index (χ3n) is 3.21. The molecule has 0 aliphatic carbocycles. The second kappa shape index (κ2) is 4.84. The molecule has 1 aliphatic heterocycles. The second-order valence-corrected chi connectivity index (χ2v) is 4.79. The van der Waals surface area contributed by atoms with Gasteiger partial charge in [0.2, 0.25) is 0 Å². The summed E-state index contributed by atoms with van der Waals surface area (Å²) in [6.45, 7) is 3.83. The van der Waals surface area contributed by atoms with Crippen molar-refractivity contribution in [2.24, 2.45) is 0 Å². The number of benzene rings is 1. The minimum atomic E-state index is 0.0804. The van der Waals surface area contributed by atoms with Gasteiger partial charge in [0, 0.05) is 42.3 Å². The minimum absolute atomic E-state index is 0.0804. The van der Waals surface area contributed by atoms with E-state index >= 15 is 0 Å². The van der Waals surface area contributed by atoms with Crippen molar-refractivity contribution in [1.29, 1.82) is 0 Å². The first kappa shape index (κ1) is 12.0. The molecule has 1 aromatic rings. The third kappa shape index (κ3) is 3.03. The van der Waals surface area contributed by atoms with Gasteiger partial charge in [-0.25, -0.2) is 0 Å². The Hall–Kier alpha value is -1.42. The summed E-state index contributed by atoms with van der Waals surface area (Å²) in [7, 11) is 1.65. The number of hydrogen-bond acceptors (Lipinski definition) is 4. The van der Waals surface area contributed by atoms with Crippen LogP contribution in [0.4, 0.5) is 11.4 Å². The first-order valence-corrected chi connectivity index (χ1v) is 5.92. The lowest BCUT2D eigenvalue weighted by atomic mass is 9.92. The van der Waals surface area contributed by atoms with E-state index in [1.807, 2.05) is 18.2 Å². The molecule has 0 amide bonds. The monoisotopic (exact) mass is 236 g/mol. The molecule has 17 heavy (non-hydrogen) atoms. The summed E-state index contributed by atoms with van der Waals surface area (Å²) < 4.78 is 10.6. The molecule has 4 heteroatoms. The topological polar surface area (TPSA) is 56.5 Å². The highest BCUT2D eigenvalue weighted by Crippen LogP contribution is 2.29. The second-order valence-electron chi connectivity index (χ2n) is 4.79. The molecule has 4 nitrogen and oxygen atoms in total. The van der Waals surface area contributed by atoms with Gasteiger partial charge in [0.05, 0.1) is 7.11 Å². The summed E-state index contributed by atoms with van der Waals surface area (Å²) in [5.41, 5.74) is 7.64. The Bertz CT molecular complexity index is 387. The average Bonchev–Trinajstić information content (AvgIpc) is 2.28. The zero-order chi connectivity index (χ0) is 12.3. The van der Waals surface area contributed by atoms with Crippen molar-refractivity contribution >= 4 is 11.4 Å². The molecule has 0 aromatic heterocycles. The van der Waals surface area contributed by atoms with E-state index in [9.17, 15) is 0 Å². The van der Waals surface area contributed by atoms with Gasteiger partial charge >= 0.3 is 0 Å². The Morgan fingerprint density at radius 2 is 2.00 bits per heavy atom. The number of ether oxygens (including phenoxy) is 2. The van der Waals surface area contributed by atoms with E-state index in [1.165, 1.54) is 0 Å². The van der Waals surface area contributed by atoms with Crippen LogP contribution >= 0.6 is 0 Å². The van der Waals surface area contributed by atoms with Crippen LogP contribution in [-0.4, -0.2) is 25.9 Å². The number of hydrogen-bond donors (Lipinski definition) is 2. The molecule has 0 atom stereocenters. The molecule has 0 spiro atoms. The van der Waals surface area contributed by atoms with Gasteiger partial charge in [-0.3, -0.25) is 0 Å². The fourth-order valence-electron chi connectivity index (χ4n) is 2.11. The zero-order valence-electron chi connectivity index (χ0n) is 10.5. The van der Waals surface area contributed by atoms with E-state index in [0.29, 0.717) is 5.69 Å². The van der Waals surface area contributed by atoms with Gasteiger partial charge in [-0.05, 0) is 25.8 Å². The first-order valence-electron chi connectivity index (χ1n) is 5.92. The van der Waals surface area contributed by atoms with Crippen molar-refractivity contribution in [3.05, 3.63) is 18.2 Å². The number of nitrogens with two attached hydrogens (primary N) is 1. The van der Waals surface area contributed by atoms with Crippen LogP contribution in [0.2, 0.25) is 0 Å². The summed E-state index contributed by atoms with van der Waals surface area (Å²) in [4.78, 5) is 0. The molecule has 1 aromatic carbocycles. The molecule has 94 valence electrons. The molecular formula is C13H20N2O2. The van der Waals surface area contributed by atoms with Crippen molar-refractivity contribution in [3.8, 4) is 5.75 Å². The fraction of sp³-hybridized carbons (Fsp3) is 0.538. The molecule has 0 radical (unpaired) electrons. The van der Waals surface area contributed by atoms with Crippen LogP contribution in [0, 0.1) is 0 Å². The molecule has 1 aliphatic rings. The Morgan fingerprint density at radius 1 is 1.29 bits per heavy atom. The van der Waals surface area contributed by atoms with Crippen LogP contribution < -0.4 is 15.8 Å². The molecule has 1 fully saturated rings. The van der Waals surface area contributed by atoms with E-state index in [4.69, 9.17) is 15.2 Å². The number of anilines is 2. The molecule has 2 rings (SSSR count). The van der Waals surface area contributed by atoms with E-state index in [0.717, 1.165) is 37.5 Å². The predicted molar refractivity (Wildman–Crippen MR) is 69.5 cm³/mol. The molecule has 1 saturated heterocycles. The highest BCUT2D eigenvalue weighted by molar-refractivity contribution is 5.60. The van der Waals surface area contributed by atoms with Gasteiger partial charge in [0.25, 0.3) is 0 Å². The standard InChI is InChI=1S/C13H20N2O2/c1-13(3-5-17-6-4-13)15-11-7-10(14)8-12(9-11)16-2/h7-9,15H,3-6,14H2,1-2H3. The highest BCUT2D eigenvalue weighted by atomic mass is 16.5. The van der Waals surface area contributed by atoms with Crippen molar-refractivity contribution in [1.82, 2.24) is 0 Å². The van der Waals surface area contributed by atoms with E-state index < -0.39 is 0 Å². The van der Waals surface area contributed by atoms with Crippen LogP contribution in [-0.2, 0) is 4.74 Å². The van der Waals surface area contributed by atoms with Gasteiger partial charge in [-0.1, -0.05) is 0 Å². The molecule has 3 N–H and O–H groups in total. The van der Waals surface area contributed by atoms with Gasteiger partial charge < -0.3 is 20.5 Å². The molecule has 1 heterocycles. The number of nitrogens with one attached hydrogen (secondary N) is 1. The largest absolute Gasteiger partial charge is 0.497 e. The van der Waals surface area contributed by atoms with E-state index in [1.54, 1.807) is 7.11 Å². The number of methoxy groups -OCH3 is 1. The lowest BCUT2D eigenvalue weighted by molar-refractivity contribution is 0.0658. The van der Waals surface area contributed by atoms with Gasteiger partial charge in [-0.15, -0.1) is 0 Å². The smallest absolute Gasteiger partial charge is 0.122 e. The summed E-state index contributed by atoms with van der Waals surface area (Å²) in [5.74, 6) is 0.781. The molecular weight excluding hydrogens is 216 g/mol. The van der Waals surface area contributed by atoms with Crippen molar-refractivity contribution in [2.45, 2.75) is 25.3 Å². The first-order chi connectivity index (χ1) is 8.11. The molecule has 0 saturated carbocycles. The highest BCUT2D eigenvalue weighted by Gasteiger charge is 2.27. The Labute approximate surface area is 102 Å². The zero-order valence-corrected chi connectivity index (χ0v) is 10.5. The normalized spacial score (nSPS) is 18.7. The summed E-state index contributed by atoms with van der Waals surface area (Å²) in [6, 6.07) is 5.72. The maximum Gasteiger partial charge on any atom is 0.122 e. The van der Waals surface area contributed by atoms with Gasteiger partial charge in [-0.2, -0.15) is 0 Å². The maximum atomic E-state index is 5.84. The molecule has 0 unspecified atom stereocenters. The quantitative estimate of drug-likeness (QED) is 0.790. The Morgan fingerprint density at radius 3 is 2.65 bits per heavy atom. The van der Waals surface area contributed by atoms with Gasteiger partial charge in [0.15, 0.2) is 0 Å². The Balaban J connectivity index is 2.14. The summed E-state index contributed by atoms with van der Waals surface area (Å²) in [6.07, 6.45) is 2.01. The van der Waals surface area contributed by atoms with Crippen LogP contribution in [0.3, 0.4) is 0 Å². The Kier molecular flexibility index (Phi) is 3.43. The average molecular weight is 236 g/mol. The fourth-order valence-corrected chi connectivity index (χ4v) is 2.11. The maximum absolute atomic E-state index is 5.84. The lowest BCUT2D eigenvalue weighted by Crippen LogP contribution is -2.40. The molecule has 0 bridgehead atoms.